The van der Waals surface area contributed by atoms with Gasteiger partial charge in [-0.05, 0) is 0 Å². The van der Waals surface area contributed by atoms with E-state index < -0.39 is 0 Å². The third kappa shape index (κ3) is 5.14. The van der Waals surface area contributed by atoms with Gasteiger partial charge in [0.15, 0.2) is 0 Å². The molecule has 0 aliphatic rings. The van der Waals surface area contributed by atoms with Crippen molar-refractivity contribution >= 4 is 58.3 Å². The van der Waals surface area contributed by atoms with Crippen LogP contribution >= 0.6 is 0 Å². The fourth-order valence-electron chi connectivity index (χ4n) is 1.90. The topological polar surface area (TPSA) is 0 Å². The van der Waals surface area contributed by atoms with Crippen LogP contribution in [0.3, 0.4) is 0 Å². The summed E-state index contributed by atoms with van der Waals surface area (Å²) in [5, 5.41) is 0. The van der Waals surface area contributed by atoms with Crippen LogP contribution in [0.15, 0.2) is 91.0 Å². The Labute approximate surface area is 151 Å². The van der Waals surface area contributed by atoms with Crippen LogP contribution < -0.4 is 13.4 Å². The molecule has 0 atom stereocenters. The second kappa shape index (κ2) is 8.75. The van der Waals surface area contributed by atoms with E-state index in [1.54, 1.807) is 0 Å². The molecule has 0 spiro atoms. The summed E-state index contributed by atoms with van der Waals surface area (Å²) in [6.07, 6.45) is 0. The van der Waals surface area contributed by atoms with E-state index in [9.17, 15) is 0 Å². The SMILES string of the molecule is c1ccc([Se]C([Se]c2ccccc2)[Se]c2ccccc2)cc1. The molecule has 3 heteroatoms. The first kappa shape index (κ1) is 16.1. The van der Waals surface area contributed by atoms with Crippen molar-refractivity contribution in [3.63, 3.8) is 0 Å². The molecule has 110 valence electrons. The summed E-state index contributed by atoms with van der Waals surface area (Å²) < 4.78 is 5.39. The van der Waals surface area contributed by atoms with E-state index in [0.29, 0.717) is 44.9 Å². The van der Waals surface area contributed by atoms with Crippen molar-refractivity contribution in [2.75, 3.05) is 0 Å². The van der Waals surface area contributed by atoms with Crippen molar-refractivity contribution in [3.05, 3.63) is 91.0 Å². The van der Waals surface area contributed by atoms with Crippen molar-refractivity contribution in [2.45, 2.75) is 2.61 Å². The van der Waals surface area contributed by atoms with Crippen LogP contribution in [0, 0.1) is 0 Å². The van der Waals surface area contributed by atoms with Crippen molar-refractivity contribution in [1.82, 2.24) is 0 Å². The first-order valence-electron chi connectivity index (χ1n) is 7.05. The van der Waals surface area contributed by atoms with Gasteiger partial charge in [-0.15, -0.1) is 0 Å². The summed E-state index contributed by atoms with van der Waals surface area (Å²) in [6, 6.07) is 33.0. The maximum absolute atomic E-state index is 2.29. The number of hydrogen-bond acceptors (Lipinski definition) is 0. The Morgan fingerprint density at radius 1 is 0.409 bits per heavy atom. The van der Waals surface area contributed by atoms with Crippen LogP contribution in [0.5, 0.6) is 0 Å². The molecule has 0 amide bonds. The van der Waals surface area contributed by atoms with Gasteiger partial charge in [-0.1, -0.05) is 0 Å². The Morgan fingerprint density at radius 3 is 0.955 bits per heavy atom. The zero-order chi connectivity index (χ0) is 15.0. The molecule has 3 aromatic carbocycles. The molecule has 0 radical (unpaired) electrons. The molecule has 0 fully saturated rings. The molecule has 0 aliphatic carbocycles. The van der Waals surface area contributed by atoms with E-state index in [0.717, 1.165) is 2.61 Å². The van der Waals surface area contributed by atoms with Gasteiger partial charge in [0.2, 0.25) is 0 Å². The van der Waals surface area contributed by atoms with Gasteiger partial charge in [-0.2, -0.15) is 0 Å². The Morgan fingerprint density at radius 2 is 0.682 bits per heavy atom. The van der Waals surface area contributed by atoms with Gasteiger partial charge in [0.1, 0.15) is 0 Å². The quantitative estimate of drug-likeness (QED) is 0.472. The second-order valence-electron chi connectivity index (χ2n) is 4.58. The Kier molecular flexibility index (Phi) is 6.40. The first-order valence-corrected chi connectivity index (χ1v) is 12.6. The predicted molar refractivity (Wildman–Crippen MR) is 99.2 cm³/mol. The van der Waals surface area contributed by atoms with E-state index in [1.807, 2.05) is 0 Å². The normalized spacial score (nSPS) is 10.8. The summed E-state index contributed by atoms with van der Waals surface area (Å²) in [4.78, 5) is 0. The second-order valence-corrected chi connectivity index (χ2v) is 16.5. The van der Waals surface area contributed by atoms with Crippen molar-refractivity contribution in [1.29, 1.82) is 0 Å². The van der Waals surface area contributed by atoms with E-state index in [2.05, 4.69) is 91.0 Å². The van der Waals surface area contributed by atoms with Crippen LogP contribution in [0.25, 0.3) is 0 Å². The molecule has 0 saturated carbocycles. The van der Waals surface area contributed by atoms with Gasteiger partial charge in [0, 0.05) is 0 Å². The van der Waals surface area contributed by atoms with E-state index >= 15 is 0 Å². The number of rotatable bonds is 6. The van der Waals surface area contributed by atoms with Crippen LogP contribution in [-0.2, 0) is 0 Å². The average Bonchev–Trinajstić information content (AvgIpc) is 2.57. The molecular weight excluding hydrogens is 465 g/mol. The molecule has 0 aromatic heterocycles. The Hall–Kier alpha value is -0.782. The molecule has 0 bridgehead atoms. The molecule has 22 heavy (non-hydrogen) atoms. The van der Waals surface area contributed by atoms with Gasteiger partial charge in [0.05, 0.1) is 0 Å². The van der Waals surface area contributed by atoms with E-state index in [4.69, 9.17) is 0 Å². The van der Waals surface area contributed by atoms with Gasteiger partial charge < -0.3 is 0 Å². The summed E-state index contributed by atoms with van der Waals surface area (Å²) in [7, 11) is 0. The Bertz CT molecular complexity index is 570. The molecule has 0 nitrogen and oxygen atoms in total. The number of benzene rings is 3. The monoisotopic (exact) mass is 484 g/mol. The summed E-state index contributed by atoms with van der Waals surface area (Å²) in [5.74, 6) is 0. The zero-order valence-corrected chi connectivity index (χ0v) is 17.1. The molecule has 0 unspecified atom stereocenters. The van der Waals surface area contributed by atoms with Crippen molar-refractivity contribution < 1.29 is 0 Å². The van der Waals surface area contributed by atoms with Gasteiger partial charge >= 0.3 is 152 Å². The zero-order valence-electron chi connectivity index (χ0n) is 12.0. The van der Waals surface area contributed by atoms with E-state index in [1.165, 1.54) is 13.4 Å². The molecule has 0 N–H and O–H groups in total. The van der Waals surface area contributed by atoms with Crippen molar-refractivity contribution in [2.24, 2.45) is 0 Å². The van der Waals surface area contributed by atoms with Crippen molar-refractivity contribution in [3.8, 4) is 0 Å². The third-order valence-electron chi connectivity index (χ3n) is 2.93. The predicted octanol–water partition coefficient (Wildman–Crippen LogP) is 1.78. The van der Waals surface area contributed by atoms with Crippen LogP contribution in [-0.4, -0.2) is 44.9 Å². The minimum absolute atomic E-state index is 0.549. The fraction of sp³-hybridized carbons (Fsp3) is 0.0526. The summed E-state index contributed by atoms with van der Waals surface area (Å²) in [5.41, 5.74) is 0. The first-order chi connectivity index (χ1) is 10.9. The molecular formula is C19H16Se3. The average molecular weight is 481 g/mol. The maximum atomic E-state index is 2.29. The minimum atomic E-state index is 0.549. The van der Waals surface area contributed by atoms with Gasteiger partial charge in [0.25, 0.3) is 0 Å². The molecule has 0 saturated heterocycles. The third-order valence-corrected chi connectivity index (χ3v) is 13.9. The molecule has 0 heterocycles. The molecule has 3 aromatic rings. The van der Waals surface area contributed by atoms with E-state index in [-0.39, 0.29) is 0 Å². The van der Waals surface area contributed by atoms with Crippen LogP contribution in [0.1, 0.15) is 0 Å². The number of hydrogen-bond donors (Lipinski definition) is 0. The van der Waals surface area contributed by atoms with Crippen LogP contribution in [0.4, 0.5) is 0 Å². The summed E-state index contributed by atoms with van der Waals surface area (Å²) in [6.45, 7) is 0. The van der Waals surface area contributed by atoms with Crippen LogP contribution in [0.2, 0.25) is 2.61 Å². The molecule has 3 rings (SSSR count). The standard InChI is InChI=1S/C19H16Se3/c1-4-10-16(11-5-1)20-19(21-17-12-6-2-7-13-17)22-18-14-8-3-9-15-18/h1-15,19H. The Balaban J connectivity index is 1.75. The summed E-state index contributed by atoms with van der Waals surface area (Å²) >= 11 is 1.65. The fourth-order valence-corrected chi connectivity index (χ4v) is 14.4. The molecule has 0 aliphatic heterocycles. The van der Waals surface area contributed by atoms with Gasteiger partial charge in [-0.3, -0.25) is 0 Å². The van der Waals surface area contributed by atoms with Gasteiger partial charge in [-0.25, -0.2) is 0 Å².